The van der Waals surface area contributed by atoms with Crippen molar-refractivity contribution in [3.05, 3.63) is 69.4 Å². The highest BCUT2D eigenvalue weighted by Gasteiger charge is 2.50. The van der Waals surface area contributed by atoms with E-state index in [-0.39, 0.29) is 22.5 Å². The molecule has 2 aliphatic carbocycles. The number of nitrogens with zero attached hydrogens (tertiary/aromatic N) is 6. The summed E-state index contributed by atoms with van der Waals surface area (Å²) in [6, 6.07) is 11.8. The number of hydrogen-bond acceptors (Lipinski definition) is 11. The molecule has 13 heteroatoms. The molecule has 5 aromatic rings. The Hall–Kier alpha value is -4.60. The highest BCUT2D eigenvalue weighted by Crippen LogP contribution is 2.67. The van der Waals surface area contributed by atoms with Crippen molar-refractivity contribution >= 4 is 78.4 Å². The summed E-state index contributed by atoms with van der Waals surface area (Å²) in [5, 5.41) is 19.5. The van der Waals surface area contributed by atoms with Crippen LogP contribution in [0.15, 0.2) is 34.3 Å². The summed E-state index contributed by atoms with van der Waals surface area (Å²) < 4.78 is 11.4. The van der Waals surface area contributed by atoms with Crippen LogP contribution in [0.2, 0.25) is 0 Å². The van der Waals surface area contributed by atoms with E-state index in [0.29, 0.717) is 21.5 Å². The number of aliphatic imine (C=N–C) groups is 2. The Morgan fingerprint density at radius 2 is 1.04 bits per heavy atom. The number of thiophene rings is 5. The molecule has 8 nitrogen and oxygen atoms in total. The smallest absolute Gasteiger partial charge is 0.350 e. The second kappa shape index (κ2) is 11.0. The van der Waals surface area contributed by atoms with E-state index >= 15 is 0 Å². The van der Waals surface area contributed by atoms with Gasteiger partial charge >= 0.3 is 11.7 Å². The van der Waals surface area contributed by atoms with E-state index in [4.69, 9.17) is 22.6 Å². The second-order valence-electron chi connectivity index (χ2n) is 11.7. The van der Waals surface area contributed by atoms with Gasteiger partial charge in [0.25, 0.3) is 0 Å². The van der Waals surface area contributed by atoms with Gasteiger partial charge < -0.3 is 19.2 Å². The molecule has 0 radical (unpaired) electrons. The van der Waals surface area contributed by atoms with Crippen LogP contribution in [0.5, 0.6) is 11.5 Å². The maximum atomic E-state index is 9.20. The molecule has 0 fully saturated rings. The zero-order chi connectivity index (χ0) is 33.4. The second-order valence-corrected chi connectivity index (χ2v) is 16.9. The van der Waals surface area contributed by atoms with Crippen LogP contribution < -0.4 is 9.47 Å². The first-order valence-corrected chi connectivity index (χ1v) is 18.1. The summed E-state index contributed by atoms with van der Waals surface area (Å²) in [7, 11) is 3.25. The number of hydrogen-bond donors (Lipinski definition) is 0. The van der Waals surface area contributed by atoms with Crippen LogP contribution in [0, 0.1) is 35.8 Å². The van der Waals surface area contributed by atoms with Gasteiger partial charge in [0.1, 0.15) is 23.6 Å². The van der Waals surface area contributed by atoms with Crippen molar-refractivity contribution < 1.29 is 9.47 Å². The van der Waals surface area contributed by atoms with Crippen LogP contribution in [0.3, 0.4) is 0 Å². The first-order valence-electron chi connectivity index (χ1n) is 14.1. The molecule has 0 spiro atoms. The minimum atomic E-state index is -0.216. The maximum absolute atomic E-state index is 9.20. The number of ether oxygens (including phenoxy) is 2. The summed E-state index contributed by atoms with van der Waals surface area (Å²) >= 11 is 8.20. The molecule has 0 saturated heterocycles. The van der Waals surface area contributed by atoms with E-state index in [9.17, 15) is 10.5 Å². The lowest BCUT2D eigenvalue weighted by Crippen LogP contribution is -2.22. The van der Waals surface area contributed by atoms with Crippen molar-refractivity contribution in [2.75, 3.05) is 14.2 Å². The lowest BCUT2D eigenvalue weighted by molar-refractivity contribution is 0.418. The lowest BCUT2D eigenvalue weighted by Gasteiger charge is -2.28. The third-order valence-electron chi connectivity index (χ3n) is 8.48. The van der Waals surface area contributed by atoms with Crippen molar-refractivity contribution in [2.24, 2.45) is 9.98 Å². The molecule has 47 heavy (non-hydrogen) atoms. The van der Waals surface area contributed by atoms with Crippen molar-refractivity contribution in [3.63, 3.8) is 0 Å². The summed E-state index contributed by atoms with van der Waals surface area (Å²) in [6.45, 7) is 23.6. The largest absolute Gasteiger partial charge is 0.495 e. The van der Waals surface area contributed by atoms with Gasteiger partial charge in [0.05, 0.1) is 24.0 Å². The zero-order valence-electron chi connectivity index (χ0n) is 25.9. The molecule has 0 unspecified atom stereocenters. The third-order valence-corrected chi connectivity index (χ3v) is 14.7. The van der Waals surface area contributed by atoms with Gasteiger partial charge in [-0.05, 0) is 34.4 Å². The molecule has 0 bridgehead atoms. The maximum Gasteiger partial charge on any atom is 0.350 e. The van der Waals surface area contributed by atoms with E-state index in [1.807, 2.05) is 23.5 Å². The highest BCUT2D eigenvalue weighted by atomic mass is 32.1. The zero-order valence-corrected chi connectivity index (χ0v) is 29.9. The minimum absolute atomic E-state index is 0.202. The van der Waals surface area contributed by atoms with Crippen molar-refractivity contribution in [3.8, 4) is 62.7 Å². The molecule has 5 heterocycles. The number of fused-ring (bicyclic) bond motifs is 7. The molecular weight excluding hydrogens is 685 g/mol. The van der Waals surface area contributed by atoms with Gasteiger partial charge in [-0.3, -0.25) is 0 Å². The normalized spacial score (nSPS) is 15.1. The van der Waals surface area contributed by atoms with E-state index < -0.39 is 0 Å². The number of rotatable bonds is 6. The van der Waals surface area contributed by atoms with Crippen molar-refractivity contribution in [1.29, 1.82) is 10.5 Å². The molecule has 0 amide bonds. The Morgan fingerprint density at radius 1 is 0.638 bits per heavy atom. The van der Waals surface area contributed by atoms with E-state index in [1.54, 1.807) is 49.0 Å². The Bertz CT molecular complexity index is 2200. The summed E-state index contributed by atoms with van der Waals surface area (Å²) in [5.74, 6) is 0.948. The molecule has 2 aliphatic rings. The predicted molar refractivity (Wildman–Crippen MR) is 194 cm³/mol. The summed E-state index contributed by atoms with van der Waals surface area (Å²) in [5.41, 5.74) is 4.94. The lowest BCUT2D eigenvalue weighted by atomic mass is 9.74. The molecule has 230 valence electrons. The summed E-state index contributed by atoms with van der Waals surface area (Å²) in [4.78, 5) is 24.0. The average molecular weight is 707 g/mol. The molecule has 0 aliphatic heterocycles. The van der Waals surface area contributed by atoms with Gasteiger partial charge in [0.2, 0.25) is 10.0 Å². The van der Waals surface area contributed by atoms with Crippen molar-refractivity contribution in [1.82, 2.24) is 0 Å². The molecular formula is C34H22N6O2S5. The first kappa shape index (κ1) is 31.0. The van der Waals surface area contributed by atoms with E-state index in [1.165, 1.54) is 64.4 Å². The average Bonchev–Trinajstić information content (AvgIpc) is 3.90. The summed E-state index contributed by atoms with van der Waals surface area (Å²) in [6.07, 6.45) is 0. The van der Waals surface area contributed by atoms with Crippen LogP contribution in [0.1, 0.15) is 49.9 Å². The van der Waals surface area contributed by atoms with Gasteiger partial charge in [-0.2, -0.15) is 0 Å². The Morgan fingerprint density at radius 3 is 1.38 bits per heavy atom. The Balaban J connectivity index is 1.33. The topological polar surface area (TPSA) is 99.5 Å². The van der Waals surface area contributed by atoms with Gasteiger partial charge in [0, 0.05) is 52.2 Å². The fraction of sp³-hybridized carbons (Fsp3) is 0.235. The first-order chi connectivity index (χ1) is 22.5. The molecule has 0 N–H and O–H groups in total. The van der Waals surface area contributed by atoms with Gasteiger partial charge in [-0.1, -0.05) is 73.5 Å². The van der Waals surface area contributed by atoms with Crippen LogP contribution >= 0.6 is 56.7 Å². The van der Waals surface area contributed by atoms with Gasteiger partial charge in [-0.15, -0.1) is 34.0 Å². The number of methoxy groups -OCH3 is 2. The molecule has 0 aromatic carbocycles. The van der Waals surface area contributed by atoms with Crippen LogP contribution in [0.25, 0.3) is 48.7 Å². The van der Waals surface area contributed by atoms with Crippen molar-refractivity contribution in [2.45, 2.75) is 38.5 Å². The molecule has 0 saturated carbocycles. The fourth-order valence-corrected chi connectivity index (χ4v) is 13.1. The van der Waals surface area contributed by atoms with E-state index in [0.717, 1.165) is 19.5 Å². The number of nitriles is 2. The monoisotopic (exact) mass is 706 g/mol. The Kier molecular flexibility index (Phi) is 7.26. The van der Waals surface area contributed by atoms with Gasteiger partial charge in [-0.25, -0.2) is 10.5 Å². The SMILES string of the molecule is [C-]#[N+]C(C#N)=Nc1cc(OC)c(-c2cc3c(s2)-c2sc4c(c2C3(C)C)C(C)(C)c2cc(-c3sc(N=C(C#N)[N+]#[C-])cc3OC)sc2-4)s1. The number of amidine groups is 2. The Labute approximate surface area is 291 Å². The quantitative estimate of drug-likeness (QED) is 0.0996. The van der Waals surface area contributed by atoms with Crippen LogP contribution in [-0.4, -0.2) is 25.9 Å². The minimum Gasteiger partial charge on any atom is -0.495 e. The van der Waals surface area contributed by atoms with Gasteiger partial charge in [0.15, 0.2) is 0 Å². The molecule has 5 aromatic heterocycles. The predicted octanol–water partition coefficient (Wildman–Crippen LogP) is 10.9. The third kappa shape index (κ3) is 4.51. The standard InChI is InChI=1S/C34H22N6O2S5/c1-33(2)15-9-19(29-17(41-7)11-23(45-29)39-21(13-35)37-5)43-27(15)31-25(33)26-32(47-31)28-16(34(26,3)4)10-20(44-28)30-18(42-8)12-24(46-30)40-22(14-36)38-6/h9-12H,1-4,7-8H3. The van der Waals surface area contributed by atoms with Crippen LogP contribution in [-0.2, 0) is 10.8 Å². The fourth-order valence-electron chi connectivity index (χ4n) is 6.32. The van der Waals surface area contributed by atoms with E-state index in [2.05, 4.69) is 59.5 Å². The highest BCUT2D eigenvalue weighted by molar-refractivity contribution is 7.31. The molecule has 0 atom stereocenters. The van der Waals surface area contributed by atoms with Crippen LogP contribution in [0.4, 0.5) is 10.0 Å². The molecule has 7 rings (SSSR count).